The number of nitrogens with zero attached hydrogens (tertiary/aromatic N) is 3. The summed E-state index contributed by atoms with van der Waals surface area (Å²) in [6.07, 6.45) is 0.892. The van der Waals surface area contributed by atoms with Gasteiger partial charge in [0.15, 0.2) is 0 Å². The number of halogens is 1. The summed E-state index contributed by atoms with van der Waals surface area (Å²) in [6.45, 7) is 4.24. The smallest absolute Gasteiger partial charge is 0.226 e. The number of hydrogen-bond acceptors (Lipinski definition) is 4. The number of hydrogen-bond donors (Lipinski definition) is 0. The first-order valence-corrected chi connectivity index (χ1v) is 9.28. The summed E-state index contributed by atoms with van der Waals surface area (Å²) in [5, 5.41) is 2.08. The van der Waals surface area contributed by atoms with E-state index in [0.717, 1.165) is 50.4 Å². The highest BCUT2D eigenvalue weighted by atomic mass is 32.1. The molecule has 2 fully saturated rings. The van der Waals surface area contributed by atoms with Gasteiger partial charge in [-0.1, -0.05) is 12.1 Å². The molecule has 4 nitrogen and oxygen atoms in total. The van der Waals surface area contributed by atoms with Crippen LogP contribution in [0.2, 0.25) is 0 Å². The Morgan fingerprint density at radius 1 is 1.21 bits per heavy atom. The van der Waals surface area contributed by atoms with Gasteiger partial charge in [-0.05, 0) is 30.0 Å². The molecule has 4 rings (SSSR count). The molecule has 1 amide bonds. The molecule has 2 atom stereocenters. The van der Waals surface area contributed by atoms with Crippen LogP contribution >= 0.6 is 11.3 Å². The van der Waals surface area contributed by atoms with Crippen molar-refractivity contribution in [2.75, 3.05) is 26.2 Å². The van der Waals surface area contributed by atoms with Crippen LogP contribution in [0.1, 0.15) is 23.6 Å². The van der Waals surface area contributed by atoms with Gasteiger partial charge in [-0.25, -0.2) is 9.37 Å². The molecule has 1 aliphatic carbocycles. The third-order valence-corrected chi connectivity index (χ3v) is 5.59. The van der Waals surface area contributed by atoms with Crippen LogP contribution in [0.4, 0.5) is 4.39 Å². The van der Waals surface area contributed by atoms with Gasteiger partial charge in [-0.15, -0.1) is 11.3 Å². The normalized spacial score (nSPS) is 24.1. The fraction of sp³-hybridized carbons (Fsp3) is 0.444. The van der Waals surface area contributed by atoms with Crippen molar-refractivity contribution >= 4 is 17.2 Å². The SMILES string of the molecule is O=C(C1CC1c1ccc(F)cc1)N1CCN(Cc2cscn2)CC1. The van der Waals surface area contributed by atoms with Crippen molar-refractivity contribution in [3.63, 3.8) is 0 Å². The maximum Gasteiger partial charge on any atom is 0.226 e. The molecule has 0 spiro atoms. The van der Waals surface area contributed by atoms with E-state index in [2.05, 4.69) is 15.3 Å². The van der Waals surface area contributed by atoms with E-state index >= 15 is 0 Å². The van der Waals surface area contributed by atoms with Gasteiger partial charge in [0.2, 0.25) is 5.91 Å². The number of carbonyl (C=O) groups is 1. The lowest BCUT2D eigenvalue weighted by Crippen LogP contribution is -2.48. The maximum atomic E-state index is 13.0. The number of carbonyl (C=O) groups excluding carboxylic acids is 1. The van der Waals surface area contributed by atoms with Gasteiger partial charge in [-0.2, -0.15) is 0 Å². The number of piperazine rings is 1. The lowest BCUT2D eigenvalue weighted by atomic mass is 10.1. The van der Waals surface area contributed by atoms with Crippen molar-refractivity contribution in [3.8, 4) is 0 Å². The molecular weight excluding hydrogens is 325 g/mol. The zero-order chi connectivity index (χ0) is 16.5. The minimum Gasteiger partial charge on any atom is -0.340 e. The molecule has 0 N–H and O–H groups in total. The van der Waals surface area contributed by atoms with Gasteiger partial charge < -0.3 is 4.90 Å². The standard InChI is InChI=1S/C18H20FN3OS/c19-14-3-1-13(2-4-14)16-9-17(16)18(23)22-7-5-21(6-8-22)10-15-11-24-12-20-15/h1-4,11-12,16-17H,5-10H2. The Labute approximate surface area is 144 Å². The fourth-order valence-electron chi connectivity index (χ4n) is 3.45. The highest BCUT2D eigenvalue weighted by molar-refractivity contribution is 7.07. The second kappa shape index (κ2) is 6.61. The third-order valence-electron chi connectivity index (χ3n) is 4.96. The van der Waals surface area contributed by atoms with Gasteiger partial charge in [0.05, 0.1) is 11.2 Å². The summed E-state index contributed by atoms with van der Waals surface area (Å²) in [7, 11) is 0. The van der Waals surface area contributed by atoms with E-state index in [9.17, 15) is 9.18 Å². The van der Waals surface area contributed by atoms with E-state index in [-0.39, 0.29) is 23.6 Å². The molecule has 2 aliphatic rings. The molecule has 0 bridgehead atoms. The van der Waals surface area contributed by atoms with Crippen LogP contribution in [0.25, 0.3) is 0 Å². The van der Waals surface area contributed by atoms with Crippen LogP contribution in [0, 0.1) is 11.7 Å². The van der Waals surface area contributed by atoms with E-state index < -0.39 is 0 Å². The van der Waals surface area contributed by atoms with E-state index in [1.165, 1.54) is 12.1 Å². The Balaban J connectivity index is 1.28. The minimum absolute atomic E-state index is 0.0838. The monoisotopic (exact) mass is 345 g/mol. The first-order chi connectivity index (χ1) is 11.7. The molecule has 1 aromatic carbocycles. The highest BCUT2D eigenvalue weighted by Crippen LogP contribution is 2.48. The Kier molecular flexibility index (Phi) is 4.33. The second-order valence-corrected chi connectivity index (χ2v) is 7.30. The number of thiazole rings is 1. The zero-order valence-electron chi connectivity index (χ0n) is 13.4. The lowest BCUT2D eigenvalue weighted by Gasteiger charge is -2.34. The average molecular weight is 345 g/mol. The number of benzene rings is 1. The summed E-state index contributed by atoms with van der Waals surface area (Å²) in [4.78, 5) is 21.3. The molecule has 1 aliphatic heterocycles. The minimum atomic E-state index is -0.224. The molecule has 1 aromatic heterocycles. The van der Waals surface area contributed by atoms with Crippen molar-refractivity contribution in [2.45, 2.75) is 18.9 Å². The summed E-state index contributed by atoms with van der Waals surface area (Å²) in [5.74, 6) is 0.392. The lowest BCUT2D eigenvalue weighted by molar-refractivity contribution is -0.134. The first kappa shape index (κ1) is 15.7. The molecule has 6 heteroatoms. The van der Waals surface area contributed by atoms with Crippen molar-refractivity contribution < 1.29 is 9.18 Å². The number of aromatic nitrogens is 1. The molecule has 2 heterocycles. The molecule has 2 unspecified atom stereocenters. The molecule has 1 saturated heterocycles. The van der Waals surface area contributed by atoms with E-state index in [0.29, 0.717) is 0 Å². The molecule has 126 valence electrons. The predicted octanol–water partition coefficient (Wildman–Crippen LogP) is 2.73. The average Bonchev–Trinajstić information content (AvgIpc) is 3.24. The largest absolute Gasteiger partial charge is 0.340 e. The Morgan fingerprint density at radius 2 is 1.96 bits per heavy atom. The van der Waals surface area contributed by atoms with Crippen LogP contribution in [0.5, 0.6) is 0 Å². The predicted molar refractivity (Wildman–Crippen MR) is 91.2 cm³/mol. The van der Waals surface area contributed by atoms with Crippen LogP contribution in [-0.2, 0) is 11.3 Å². The molecule has 2 aromatic rings. The Morgan fingerprint density at radius 3 is 2.62 bits per heavy atom. The fourth-order valence-corrected chi connectivity index (χ4v) is 4.00. The highest BCUT2D eigenvalue weighted by Gasteiger charge is 2.46. The summed E-state index contributed by atoms with van der Waals surface area (Å²) in [6, 6.07) is 6.57. The first-order valence-electron chi connectivity index (χ1n) is 8.34. The van der Waals surface area contributed by atoms with Crippen molar-refractivity contribution in [1.82, 2.24) is 14.8 Å². The van der Waals surface area contributed by atoms with Crippen molar-refractivity contribution in [1.29, 1.82) is 0 Å². The van der Waals surface area contributed by atoms with Crippen LogP contribution in [0.15, 0.2) is 35.2 Å². The number of amides is 1. The maximum absolute atomic E-state index is 13.0. The van der Waals surface area contributed by atoms with Crippen LogP contribution < -0.4 is 0 Å². The van der Waals surface area contributed by atoms with Crippen molar-refractivity contribution in [3.05, 3.63) is 52.2 Å². The van der Waals surface area contributed by atoms with E-state index in [4.69, 9.17) is 0 Å². The van der Waals surface area contributed by atoms with Gasteiger partial charge in [0.1, 0.15) is 5.82 Å². The molecule has 0 radical (unpaired) electrons. The Bertz CT molecular complexity index is 696. The topological polar surface area (TPSA) is 36.4 Å². The van der Waals surface area contributed by atoms with Gasteiger partial charge in [0.25, 0.3) is 0 Å². The molecule has 1 saturated carbocycles. The molecular formula is C18H20FN3OS. The molecule has 24 heavy (non-hydrogen) atoms. The summed E-state index contributed by atoms with van der Waals surface area (Å²) in [5.41, 5.74) is 4.05. The van der Waals surface area contributed by atoms with Gasteiger partial charge in [0, 0.05) is 44.0 Å². The third kappa shape index (κ3) is 3.35. The van der Waals surface area contributed by atoms with Crippen molar-refractivity contribution in [2.24, 2.45) is 5.92 Å². The number of rotatable bonds is 4. The van der Waals surface area contributed by atoms with Gasteiger partial charge in [-0.3, -0.25) is 9.69 Å². The quantitative estimate of drug-likeness (QED) is 0.855. The second-order valence-electron chi connectivity index (χ2n) is 6.58. The van der Waals surface area contributed by atoms with E-state index in [1.807, 2.05) is 10.4 Å². The van der Waals surface area contributed by atoms with Gasteiger partial charge >= 0.3 is 0 Å². The Hall–Kier alpha value is -1.79. The van der Waals surface area contributed by atoms with Crippen LogP contribution in [0.3, 0.4) is 0 Å². The zero-order valence-corrected chi connectivity index (χ0v) is 14.2. The van der Waals surface area contributed by atoms with E-state index in [1.54, 1.807) is 23.5 Å². The van der Waals surface area contributed by atoms with Crippen LogP contribution in [-0.4, -0.2) is 46.9 Å². The summed E-state index contributed by atoms with van der Waals surface area (Å²) < 4.78 is 13.0. The summed E-state index contributed by atoms with van der Waals surface area (Å²) >= 11 is 1.62.